The average Bonchev–Trinajstić information content (AvgIpc) is 2.46. The van der Waals surface area contributed by atoms with Crippen molar-refractivity contribution in [2.75, 3.05) is 19.6 Å². The molecule has 0 bridgehead atoms. The Morgan fingerprint density at radius 1 is 1.10 bits per heavy atom. The Balaban J connectivity index is 2.08. The van der Waals surface area contributed by atoms with Gasteiger partial charge in [0.25, 0.3) is 0 Å². The maximum absolute atomic E-state index is 12.4. The molecule has 0 aliphatic heterocycles. The quantitative estimate of drug-likeness (QED) is 0.709. The number of aryl methyl sites for hydroxylation is 1. The molecular formula is C15H23O4P. The molecule has 0 amide bonds. The lowest BCUT2D eigenvalue weighted by molar-refractivity contribution is 0.196. The van der Waals surface area contributed by atoms with Gasteiger partial charge in [-0.25, -0.2) is 0 Å². The van der Waals surface area contributed by atoms with E-state index in [9.17, 15) is 4.57 Å². The van der Waals surface area contributed by atoms with Crippen molar-refractivity contribution in [2.24, 2.45) is 0 Å². The number of ether oxygens (including phenoxy) is 1. The molecule has 0 atom stereocenters. The van der Waals surface area contributed by atoms with Crippen molar-refractivity contribution in [1.29, 1.82) is 0 Å². The molecule has 0 saturated heterocycles. The van der Waals surface area contributed by atoms with E-state index in [0.29, 0.717) is 13.2 Å². The minimum atomic E-state index is -3.14. The summed E-state index contributed by atoms with van der Waals surface area (Å²) in [6.07, 6.45) is 4.51. The normalized spacial score (nSPS) is 14.9. The van der Waals surface area contributed by atoms with Gasteiger partial charge in [-0.15, -0.1) is 0 Å². The maximum Gasteiger partial charge on any atom is 0.367 e. The van der Waals surface area contributed by atoms with Crippen molar-refractivity contribution in [3.05, 3.63) is 29.3 Å². The molecular weight excluding hydrogens is 275 g/mol. The van der Waals surface area contributed by atoms with Crippen LogP contribution in [-0.2, 0) is 26.5 Å². The smallest absolute Gasteiger partial charge is 0.367 e. The molecule has 20 heavy (non-hydrogen) atoms. The standard InChI is InChI=1S/C15H23O4P/c1-3-18-20(16,19-4-2)12-17-15-11-7-9-13-8-5-6-10-14(13)15/h7,9,11H,3-6,8,10,12H2,1-2H3. The highest BCUT2D eigenvalue weighted by Gasteiger charge is 2.25. The predicted molar refractivity (Wildman–Crippen MR) is 79.4 cm³/mol. The van der Waals surface area contributed by atoms with Crippen LogP contribution in [0.2, 0.25) is 0 Å². The van der Waals surface area contributed by atoms with Crippen LogP contribution in [0.1, 0.15) is 37.8 Å². The van der Waals surface area contributed by atoms with Gasteiger partial charge in [0.2, 0.25) is 0 Å². The highest BCUT2D eigenvalue weighted by Crippen LogP contribution is 2.48. The monoisotopic (exact) mass is 298 g/mol. The van der Waals surface area contributed by atoms with Crippen LogP contribution in [0.4, 0.5) is 0 Å². The van der Waals surface area contributed by atoms with Crippen LogP contribution >= 0.6 is 7.60 Å². The third kappa shape index (κ3) is 3.85. The van der Waals surface area contributed by atoms with Gasteiger partial charge in [-0.05, 0) is 56.7 Å². The number of hydrogen-bond donors (Lipinski definition) is 0. The van der Waals surface area contributed by atoms with Crippen molar-refractivity contribution >= 4 is 7.60 Å². The average molecular weight is 298 g/mol. The lowest BCUT2D eigenvalue weighted by atomic mass is 9.91. The molecule has 2 rings (SSSR count). The van der Waals surface area contributed by atoms with Gasteiger partial charge in [-0.1, -0.05) is 12.1 Å². The molecule has 1 aliphatic rings. The first-order chi connectivity index (χ1) is 9.68. The number of benzene rings is 1. The van der Waals surface area contributed by atoms with Gasteiger partial charge < -0.3 is 13.8 Å². The van der Waals surface area contributed by atoms with E-state index in [1.165, 1.54) is 24.0 Å². The zero-order valence-electron chi connectivity index (χ0n) is 12.3. The van der Waals surface area contributed by atoms with Gasteiger partial charge in [-0.2, -0.15) is 0 Å². The van der Waals surface area contributed by atoms with Crippen LogP contribution in [0.15, 0.2) is 18.2 Å². The summed E-state index contributed by atoms with van der Waals surface area (Å²) in [6, 6.07) is 6.07. The van der Waals surface area contributed by atoms with E-state index in [1.807, 2.05) is 12.1 Å². The van der Waals surface area contributed by atoms with E-state index in [-0.39, 0.29) is 6.35 Å². The third-order valence-corrected chi connectivity index (χ3v) is 5.13. The fraction of sp³-hybridized carbons (Fsp3) is 0.600. The van der Waals surface area contributed by atoms with Crippen LogP contribution in [0.25, 0.3) is 0 Å². The van der Waals surface area contributed by atoms with Crippen LogP contribution in [0.5, 0.6) is 5.75 Å². The fourth-order valence-corrected chi connectivity index (χ4v) is 3.84. The van der Waals surface area contributed by atoms with Crippen LogP contribution in [0.3, 0.4) is 0 Å². The van der Waals surface area contributed by atoms with E-state index >= 15 is 0 Å². The summed E-state index contributed by atoms with van der Waals surface area (Å²) in [6.45, 7) is 4.31. The Kier molecular flexibility index (Phi) is 5.64. The van der Waals surface area contributed by atoms with E-state index in [2.05, 4.69) is 6.07 Å². The largest absolute Gasteiger partial charge is 0.481 e. The molecule has 5 heteroatoms. The summed E-state index contributed by atoms with van der Waals surface area (Å²) in [5.41, 5.74) is 2.59. The lowest BCUT2D eigenvalue weighted by Crippen LogP contribution is -2.09. The fourth-order valence-electron chi connectivity index (χ4n) is 2.54. The SMILES string of the molecule is CCOP(=O)(COc1cccc2c1CCCC2)OCC. The third-order valence-electron chi connectivity index (χ3n) is 3.38. The van der Waals surface area contributed by atoms with Crippen molar-refractivity contribution in [2.45, 2.75) is 39.5 Å². The van der Waals surface area contributed by atoms with Gasteiger partial charge in [0, 0.05) is 0 Å². The highest BCUT2D eigenvalue weighted by atomic mass is 31.2. The topological polar surface area (TPSA) is 44.8 Å². The summed E-state index contributed by atoms with van der Waals surface area (Å²) in [5, 5.41) is 0. The van der Waals surface area contributed by atoms with Crippen molar-refractivity contribution in [3.8, 4) is 5.75 Å². The Hall–Kier alpha value is -0.830. The second-order valence-electron chi connectivity index (χ2n) is 4.82. The van der Waals surface area contributed by atoms with Crippen molar-refractivity contribution < 1.29 is 18.3 Å². The molecule has 0 unspecified atom stereocenters. The van der Waals surface area contributed by atoms with Gasteiger partial charge >= 0.3 is 7.60 Å². The first kappa shape index (κ1) is 15.6. The Bertz CT molecular complexity index is 477. The van der Waals surface area contributed by atoms with E-state index in [1.54, 1.807) is 13.8 Å². The van der Waals surface area contributed by atoms with Gasteiger partial charge in [0.1, 0.15) is 5.75 Å². The van der Waals surface area contributed by atoms with Crippen LogP contribution < -0.4 is 4.74 Å². The number of hydrogen-bond acceptors (Lipinski definition) is 4. The first-order valence-corrected chi connectivity index (χ1v) is 9.03. The molecule has 1 aliphatic carbocycles. The Labute approximate surface area is 121 Å². The molecule has 0 aromatic heterocycles. The van der Waals surface area contributed by atoms with Crippen molar-refractivity contribution in [3.63, 3.8) is 0 Å². The maximum atomic E-state index is 12.4. The second-order valence-corrected chi connectivity index (χ2v) is 6.82. The molecule has 0 fully saturated rings. The van der Waals surface area contributed by atoms with Gasteiger partial charge in [0.15, 0.2) is 6.35 Å². The summed E-state index contributed by atoms with van der Waals surface area (Å²) < 4.78 is 28.6. The highest BCUT2D eigenvalue weighted by molar-refractivity contribution is 7.53. The molecule has 4 nitrogen and oxygen atoms in total. The molecule has 0 spiro atoms. The summed E-state index contributed by atoms with van der Waals surface area (Å²) >= 11 is 0. The molecule has 0 heterocycles. The summed E-state index contributed by atoms with van der Waals surface area (Å²) in [5.74, 6) is 0.821. The van der Waals surface area contributed by atoms with Crippen LogP contribution in [0, 0.1) is 0 Å². The summed E-state index contributed by atoms with van der Waals surface area (Å²) in [4.78, 5) is 0. The summed E-state index contributed by atoms with van der Waals surface area (Å²) in [7, 11) is -3.14. The molecule has 112 valence electrons. The van der Waals surface area contributed by atoms with E-state index < -0.39 is 7.60 Å². The zero-order valence-corrected chi connectivity index (χ0v) is 13.2. The van der Waals surface area contributed by atoms with Crippen LogP contribution in [-0.4, -0.2) is 19.6 Å². The minimum Gasteiger partial charge on any atom is -0.481 e. The van der Waals surface area contributed by atoms with Crippen molar-refractivity contribution in [1.82, 2.24) is 0 Å². The van der Waals surface area contributed by atoms with E-state index in [0.717, 1.165) is 18.6 Å². The zero-order chi connectivity index (χ0) is 14.4. The predicted octanol–water partition coefficient (Wildman–Crippen LogP) is 4.17. The first-order valence-electron chi connectivity index (χ1n) is 7.30. The second kappa shape index (κ2) is 7.26. The number of rotatable bonds is 7. The Morgan fingerprint density at radius 2 is 1.80 bits per heavy atom. The van der Waals surface area contributed by atoms with Gasteiger partial charge in [0.05, 0.1) is 13.2 Å². The Morgan fingerprint density at radius 3 is 2.50 bits per heavy atom. The molecule has 0 radical (unpaired) electrons. The van der Waals surface area contributed by atoms with Gasteiger partial charge in [-0.3, -0.25) is 4.57 Å². The lowest BCUT2D eigenvalue weighted by Gasteiger charge is -2.21. The molecule has 1 aromatic rings. The minimum absolute atomic E-state index is 0.0227. The van der Waals surface area contributed by atoms with E-state index in [4.69, 9.17) is 13.8 Å². The molecule has 0 saturated carbocycles. The molecule has 0 N–H and O–H groups in total. The number of fused-ring (bicyclic) bond motifs is 1. The molecule has 1 aromatic carbocycles.